The number of nitrogens with two attached hydrogens (primary N) is 1. The lowest BCUT2D eigenvalue weighted by molar-refractivity contribution is 0.626. The second-order valence-corrected chi connectivity index (χ2v) is 6.56. The Balaban J connectivity index is 2.82. The van der Waals surface area contributed by atoms with E-state index in [1.54, 1.807) is 17.8 Å². The fourth-order valence-electron chi connectivity index (χ4n) is 1.26. The van der Waals surface area contributed by atoms with Crippen molar-refractivity contribution in [3.8, 4) is 11.8 Å². The second-order valence-electron chi connectivity index (χ2n) is 4.76. The molecule has 3 heteroatoms. The lowest BCUT2D eigenvalue weighted by Crippen LogP contribution is -2.07. The molecule has 0 saturated carbocycles. The molecule has 0 aliphatic heterocycles. The molecule has 0 radical (unpaired) electrons. The normalized spacial score (nSPS) is 10.9. The number of halogens is 1. The molecule has 0 aliphatic carbocycles. The summed E-state index contributed by atoms with van der Waals surface area (Å²) in [4.78, 5) is 0. The molecule has 17 heavy (non-hydrogen) atoms. The van der Waals surface area contributed by atoms with Crippen molar-refractivity contribution in [3.63, 3.8) is 0 Å². The first-order valence-corrected chi connectivity index (χ1v) is 6.51. The molecular formula is C14H18FNS. The Bertz CT molecular complexity index is 438. The standard InChI is InChI=1S/C14H18FNS/c1-14(2,3)17-10-12-7-11(5-4-6-16)8-13(15)9-12/h7-9H,6,10,16H2,1-3H3. The Hall–Kier alpha value is -0.980. The molecule has 0 fully saturated rings. The molecule has 1 rings (SSSR count). The number of hydrogen-bond donors (Lipinski definition) is 1. The van der Waals surface area contributed by atoms with Gasteiger partial charge < -0.3 is 5.73 Å². The Morgan fingerprint density at radius 1 is 1.29 bits per heavy atom. The van der Waals surface area contributed by atoms with E-state index in [4.69, 9.17) is 5.73 Å². The van der Waals surface area contributed by atoms with E-state index in [2.05, 4.69) is 32.6 Å². The van der Waals surface area contributed by atoms with Gasteiger partial charge in [-0.1, -0.05) is 32.6 Å². The van der Waals surface area contributed by atoms with Crippen molar-refractivity contribution in [2.75, 3.05) is 6.54 Å². The highest BCUT2D eigenvalue weighted by Crippen LogP contribution is 2.27. The van der Waals surface area contributed by atoms with E-state index in [1.165, 1.54) is 6.07 Å². The van der Waals surface area contributed by atoms with Gasteiger partial charge in [-0.15, -0.1) is 0 Å². The van der Waals surface area contributed by atoms with E-state index in [0.29, 0.717) is 12.1 Å². The highest BCUT2D eigenvalue weighted by molar-refractivity contribution is 7.99. The van der Waals surface area contributed by atoms with Gasteiger partial charge in [0.1, 0.15) is 5.82 Å². The van der Waals surface area contributed by atoms with Crippen LogP contribution >= 0.6 is 11.8 Å². The Labute approximate surface area is 107 Å². The van der Waals surface area contributed by atoms with Crippen LogP contribution in [-0.2, 0) is 5.75 Å². The monoisotopic (exact) mass is 251 g/mol. The first kappa shape index (κ1) is 14.1. The Morgan fingerprint density at radius 2 is 2.00 bits per heavy atom. The molecule has 92 valence electrons. The van der Waals surface area contributed by atoms with Gasteiger partial charge in [-0.2, -0.15) is 11.8 Å². The van der Waals surface area contributed by atoms with Gasteiger partial charge >= 0.3 is 0 Å². The molecule has 0 bridgehead atoms. The third kappa shape index (κ3) is 5.76. The number of thioether (sulfide) groups is 1. The van der Waals surface area contributed by atoms with Crippen LogP contribution in [0, 0.1) is 17.7 Å². The molecular weight excluding hydrogens is 233 g/mol. The SMILES string of the molecule is CC(C)(C)SCc1cc(F)cc(C#CCN)c1. The van der Waals surface area contributed by atoms with E-state index in [1.807, 2.05) is 6.07 Å². The van der Waals surface area contributed by atoms with Crippen LogP contribution in [0.5, 0.6) is 0 Å². The molecule has 0 atom stereocenters. The van der Waals surface area contributed by atoms with Gasteiger partial charge in [0.2, 0.25) is 0 Å². The van der Waals surface area contributed by atoms with Crippen LogP contribution in [0.15, 0.2) is 18.2 Å². The summed E-state index contributed by atoms with van der Waals surface area (Å²) >= 11 is 1.79. The molecule has 1 nitrogen and oxygen atoms in total. The quantitative estimate of drug-likeness (QED) is 0.817. The van der Waals surface area contributed by atoms with E-state index >= 15 is 0 Å². The summed E-state index contributed by atoms with van der Waals surface area (Å²) in [5.41, 5.74) is 6.96. The molecule has 1 aromatic rings. The highest BCUT2D eigenvalue weighted by atomic mass is 32.2. The van der Waals surface area contributed by atoms with Gasteiger partial charge in [-0.05, 0) is 23.8 Å². The van der Waals surface area contributed by atoms with Gasteiger partial charge in [0.05, 0.1) is 6.54 Å². The predicted octanol–water partition coefficient (Wildman–Crippen LogP) is 3.17. The molecule has 0 aromatic heterocycles. The van der Waals surface area contributed by atoms with Crippen molar-refractivity contribution in [2.24, 2.45) is 5.73 Å². The second kappa shape index (κ2) is 6.09. The van der Waals surface area contributed by atoms with Crippen molar-refractivity contribution in [2.45, 2.75) is 31.3 Å². The maximum atomic E-state index is 13.4. The lowest BCUT2D eigenvalue weighted by atomic mass is 10.1. The van der Waals surface area contributed by atoms with Crippen LogP contribution in [0.25, 0.3) is 0 Å². The number of benzene rings is 1. The summed E-state index contributed by atoms with van der Waals surface area (Å²) in [5, 5.41) is 0. The summed E-state index contributed by atoms with van der Waals surface area (Å²) < 4.78 is 13.5. The van der Waals surface area contributed by atoms with Crippen LogP contribution in [0.4, 0.5) is 4.39 Å². The molecule has 1 aromatic carbocycles. The third-order valence-electron chi connectivity index (χ3n) is 1.96. The molecule has 0 amide bonds. The van der Waals surface area contributed by atoms with E-state index in [-0.39, 0.29) is 10.6 Å². The van der Waals surface area contributed by atoms with E-state index in [0.717, 1.165) is 11.3 Å². The van der Waals surface area contributed by atoms with Crippen molar-refractivity contribution >= 4 is 11.8 Å². The van der Waals surface area contributed by atoms with Gasteiger partial charge in [-0.25, -0.2) is 4.39 Å². The molecule has 0 spiro atoms. The minimum atomic E-state index is -0.238. The molecule has 2 N–H and O–H groups in total. The average Bonchev–Trinajstić information content (AvgIpc) is 2.22. The Kier molecular flexibility index (Phi) is 5.04. The predicted molar refractivity (Wildman–Crippen MR) is 73.4 cm³/mol. The minimum Gasteiger partial charge on any atom is -0.320 e. The smallest absolute Gasteiger partial charge is 0.124 e. The van der Waals surface area contributed by atoms with Crippen LogP contribution < -0.4 is 5.73 Å². The zero-order valence-corrected chi connectivity index (χ0v) is 11.3. The molecule has 0 aliphatic rings. The van der Waals surface area contributed by atoms with Gasteiger partial charge in [0, 0.05) is 16.1 Å². The average molecular weight is 251 g/mol. The van der Waals surface area contributed by atoms with Crippen LogP contribution in [0.2, 0.25) is 0 Å². The van der Waals surface area contributed by atoms with Crippen LogP contribution in [0.1, 0.15) is 31.9 Å². The van der Waals surface area contributed by atoms with Crippen LogP contribution in [-0.4, -0.2) is 11.3 Å². The first-order valence-electron chi connectivity index (χ1n) is 5.53. The molecule has 0 saturated heterocycles. The minimum absolute atomic E-state index is 0.176. The van der Waals surface area contributed by atoms with E-state index in [9.17, 15) is 4.39 Å². The number of hydrogen-bond acceptors (Lipinski definition) is 2. The van der Waals surface area contributed by atoms with Gasteiger partial charge in [-0.3, -0.25) is 0 Å². The van der Waals surface area contributed by atoms with Crippen LogP contribution in [0.3, 0.4) is 0 Å². The van der Waals surface area contributed by atoms with E-state index < -0.39 is 0 Å². The topological polar surface area (TPSA) is 26.0 Å². The summed E-state index contributed by atoms with van der Waals surface area (Å²) in [6, 6.07) is 4.92. The lowest BCUT2D eigenvalue weighted by Gasteiger charge is -2.17. The van der Waals surface area contributed by atoms with Gasteiger partial charge in [0.15, 0.2) is 0 Å². The van der Waals surface area contributed by atoms with Crippen molar-refractivity contribution in [3.05, 3.63) is 35.1 Å². The summed E-state index contributed by atoms with van der Waals surface area (Å²) in [7, 11) is 0. The fourth-order valence-corrected chi connectivity index (χ4v) is 2.03. The van der Waals surface area contributed by atoms with Gasteiger partial charge in [0.25, 0.3) is 0 Å². The van der Waals surface area contributed by atoms with Crippen molar-refractivity contribution < 1.29 is 4.39 Å². The van der Waals surface area contributed by atoms with Crippen molar-refractivity contribution in [1.82, 2.24) is 0 Å². The maximum absolute atomic E-state index is 13.4. The Morgan fingerprint density at radius 3 is 2.59 bits per heavy atom. The largest absolute Gasteiger partial charge is 0.320 e. The summed E-state index contributed by atoms with van der Waals surface area (Å²) in [5.74, 6) is 6.15. The zero-order chi connectivity index (χ0) is 12.9. The summed E-state index contributed by atoms with van der Waals surface area (Å²) in [6.45, 7) is 6.73. The highest BCUT2D eigenvalue weighted by Gasteiger charge is 2.11. The molecule has 0 heterocycles. The summed E-state index contributed by atoms with van der Waals surface area (Å²) in [6.07, 6.45) is 0. The zero-order valence-electron chi connectivity index (χ0n) is 10.5. The first-order chi connectivity index (χ1) is 7.90. The molecule has 0 unspecified atom stereocenters. The van der Waals surface area contributed by atoms with Crippen molar-refractivity contribution in [1.29, 1.82) is 0 Å². The third-order valence-corrected chi connectivity index (χ3v) is 3.31. The maximum Gasteiger partial charge on any atom is 0.124 e. The fraction of sp³-hybridized carbons (Fsp3) is 0.429. The number of rotatable bonds is 2.